The van der Waals surface area contributed by atoms with E-state index in [-0.39, 0.29) is 12.1 Å². The summed E-state index contributed by atoms with van der Waals surface area (Å²) in [5, 5.41) is 2.81. The molecule has 0 atom stereocenters. The SMILES string of the molecule is CC(C)N(C)C(=O)Nc1cc(C(N)=O)ccc1N(C)C. The number of carbonyl (C=O) groups excluding carboxylic acids is 2. The minimum Gasteiger partial charge on any atom is -0.376 e. The van der Waals surface area contributed by atoms with Crippen LogP contribution in [0.4, 0.5) is 16.2 Å². The topological polar surface area (TPSA) is 78.7 Å². The highest BCUT2D eigenvalue weighted by Crippen LogP contribution is 2.26. The van der Waals surface area contributed by atoms with Crippen molar-refractivity contribution in [3.63, 3.8) is 0 Å². The van der Waals surface area contributed by atoms with Crippen molar-refractivity contribution in [2.45, 2.75) is 19.9 Å². The van der Waals surface area contributed by atoms with Crippen LogP contribution in [0, 0.1) is 0 Å². The number of rotatable bonds is 4. The summed E-state index contributed by atoms with van der Waals surface area (Å²) < 4.78 is 0. The lowest BCUT2D eigenvalue weighted by molar-refractivity contribution is 0.1000. The van der Waals surface area contributed by atoms with Crippen LogP contribution < -0.4 is 16.0 Å². The molecule has 6 nitrogen and oxygen atoms in total. The van der Waals surface area contributed by atoms with Gasteiger partial charge in [0.05, 0.1) is 11.4 Å². The van der Waals surface area contributed by atoms with Gasteiger partial charge in [-0.1, -0.05) is 0 Å². The van der Waals surface area contributed by atoms with Gasteiger partial charge < -0.3 is 20.9 Å². The number of nitrogens with one attached hydrogen (secondary N) is 1. The highest BCUT2D eigenvalue weighted by atomic mass is 16.2. The van der Waals surface area contributed by atoms with E-state index in [1.54, 1.807) is 30.1 Å². The van der Waals surface area contributed by atoms with E-state index < -0.39 is 5.91 Å². The number of anilines is 2. The molecule has 1 aromatic rings. The number of nitrogens with zero attached hydrogens (tertiary/aromatic N) is 2. The number of hydrogen-bond acceptors (Lipinski definition) is 3. The third kappa shape index (κ3) is 3.63. The first-order valence-electron chi connectivity index (χ1n) is 6.39. The second-order valence-electron chi connectivity index (χ2n) is 5.13. The Morgan fingerprint density at radius 1 is 1.20 bits per heavy atom. The zero-order chi connectivity index (χ0) is 15.4. The Bertz CT molecular complexity index is 512. The molecule has 20 heavy (non-hydrogen) atoms. The number of benzene rings is 1. The fraction of sp³-hybridized carbons (Fsp3) is 0.429. The first-order chi connectivity index (χ1) is 9.23. The summed E-state index contributed by atoms with van der Waals surface area (Å²) in [6.45, 7) is 3.85. The van der Waals surface area contributed by atoms with Crippen molar-refractivity contribution in [1.82, 2.24) is 4.90 Å². The van der Waals surface area contributed by atoms with Gasteiger partial charge in [-0.2, -0.15) is 0 Å². The van der Waals surface area contributed by atoms with Gasteiger partial charge in [0, 0.05) is 32.7 Å². The maximum Gasteiger partial charge on any atom is 0.321 e. The number of urea groups is 1. The van der Waals surface area contributed by atoms with E-state index in [4.69, 9.17) is 5.73 Å². The van der Waals surface area contributed by atoms with Gasteiger partial charge in [-0.3, -0.25) is 4.79 Å². The van der Waals surface area contributed by atoms with Gasteiger partial charge in [0.25, 0.3) is 0 Å². The minimum atomic E-state index is -0.525. The molecule has 0 heterocycles. The Hall–Kier alpha value is -2.24. The maximum absolute atomic E-state index is 12.1. The zero-order valence-electron chi connectivity index (χ0n) is 12.6. The molecule has 0 aliphatic carbocycles. The van der Waals surface area contributed by atoms with Gasteiger partial charge in [-0.15, -0.1) is 0 Å². The van der Waals surface area contributed by atoms with E-state index >= 15 is 0 Å². The summed E-state index contributed by atoms with van der Waals surface area (Å²) in [6, 6.07) is 4.83. The Balaban J connectivity index is 3.10. The van der Waals surface area contributed by atoms with Crippen molar-refractivity contribution in [1.29, 1.82) is 0 Å². The Kier molecular flexibility index (Phi) is 4.96. The lowest BCUT2D eigenvalue weighted by atomic mass is 10.1. The van der Waals surface area contributed by atoms with E-state index in [1.165, 1.54) is 0 Å². The minimum absolute atomic E-state index is 0.0807. The molecule has 0 bridgehead atoms. The van der Waals surface area contributed by atoms with E-state index in [9.17, 15) is 9.59 Å². The molecule has 3 amide bonds. The first kappa shape index (κ1) is 15.8. The van der Waals surface area contributed by atoms with Crippen LogP contribution in [0.3, 0.4) is 0 Å². The average molecular weight is 278 g/mol. The molecule has 1 rings (SSSR count). The number of nitrogens with two attached hydrogens (primary N) is 1. The van der Waals surface area contributed by atoms with E-state index in [0.29, 0.717) is 11.3 Å². The molecule has 0 aliphatic heterocycles. The average Bonchev–Trinajstić information content (AvgIpc) is 2.36. The van der Waals surface area contributed by atoms with Crippen LogP contribution in [0.25, 0.3) is 0 Å². The molecule has 0 aromatic heterocycles. The predicted octanol–water partition coefficient (Wildman–Crippen LogP) is 1.72. The normalized spacial score (nSPS) is 10.3. The lowest BCUT2D eigenvalue weighted by Gasteiger charge is -2.24. The third-order valence-corrected chi connectivity index (χ3v) is 3.10. The van der Waals surface area contributed by atoms with Gasteiger partial charge in [0.2, 0.25) is 5.91 Å². The van der Waals surface area contributed by atoms with Crippen LogP contribution >= 0.6 is 0 Å². The van der Waals surface area contributed by atoms with Crippen molar-refractivity contribution >= 4 is 23.3 Å². The molecule has 110 valence electrons. The second-order valence-corrected chi connectivity index (χ2v) is 5.13. The fourth-order valence-corrected chi connectivity index (χ4v) is 1.62. The van der Waals surface area contributed by atoms with Gasteiger partial charge in [-0.25, -0.2) is 4.79 Å². The summed E-state index contributed by atoms with van der Waals surface area (Å²) in [5.74, 6) is -0.525. The Morgan fingerprint density at radius 2 is 1.80 bits per heavy atom. The quantitative estimate of drug-likeness (QED) is 0.880. The van der Waals surface area contributed by atoms with Crippen LogP contribution in [-0.4, -0.2) is 44.0 Å². The largest absolute Gasteiger partial charge is 0.376 e. The van der Waals surface area contributed by atoms with Crippen molar-refractivity contribution in [2.24, 2.45) is 5.73 Å². The van der Waals surface area contributed by atoms with Crippen LogP contribution in [0.5, 0.6) is 0 Å². The van der Waals surface area contributed by atoms with Gasteiger partial charge >= 0.3 is 6.03 Å². The van der Waals surface area contributed by atoms with Crippen molar-refractivity contribution in [2.75, 3.05) is 31.4 Å². The molecule has 0 fully saturated rings. The molecule has 0 unspecified atom stereocenters. The van der Waals surface area contributed by atoms with Crippen LogP contribution in [0.2, 0.25) is 0 Å². The summed E-state index contributed by atoms with van der Waals surface area (Å²) in [4.78, 5) is 26.8. The molecule has 0 saturated carbocycles. The van der Waals surface area contributed by atoms with Crippen LogP contribution in [0.1, 0.15) is 24.2 Å². The smallest absolute Gasteiger partial charge is 0.321 e. The van der Waals surface area contributed by atoms with Crippen molar-refractivity contribution in [3.8, 4) is 0 Å². The molecule has 0 aliphatic rings. The monoisotopic (exact) mass is 278 g/mol. The molecule has 6 heteroatoms. The number of primary amides is 1. The molecule has 0 radical (unpaired) electrons. The highest BCUT2D eigenvalue weighted by molar-refractivity contribution is 5.98. The third-order valence-electron chi connectivity index (χ3n) is 3.10. The molecule has 0 spiro atoms. The molecular weight excluding hydrogens is 256 g/mol. The summed E-state index contributed by atoms with van der Waals surface area (Å²) in [5.41, 5.74) is 7.00. The van der Waals surface area contributed by atoms with Crippen LogP contribution in [-0.2, 0) is 0 Å². The van der Waals surface area contributed by atoms with Crippen molar-refractivity contribution in [3.05, 3.63) is 23.8 Å². The maximum atomic E-state index is 12.1. The molecule has 3 N–H and O–H groups in total. The lowest BCUT2D eigenvalue weighted by Crippen LogP contribution is -2.36. The summed E-state index contributed by atoms with van der Waals surface area (Å²) in [6.07, 6.45) is 0. The molecule has 0 saturated heterocycles. The van der Waals surface area contributed by atoms with Gasteiger partial charge in [-0.05, 0) is 32.0 Å². The zero-order valence-corrected chi connectivity index (χ0v) is 12.6. The Labute approximate surface area is 119 Å². The standard InChI is InChI=1S/C14H22N4O2/c1-9(2)18(5)14(20)16-11-8-10(13(15)19)6-7-12(11)17(3)4/h6-9H,1-5H3,(H2,15,19)(H,16,20). The number of amides is 3. The number of hydrogen-bond donors (Lipinski definition) is 2. The Morgan fingerprint density at radius 3 is 2.25 bits per heavy atom. The predicted molar refractivity (Wildman–Crippen MR) is 81.2 cm³/mol. The van der Waals surface area contributed by atoms with E-state index in [0.717, 1.165) is 5.69 Å². The van der Waals surface area contributed by atoms with Crippen molar-refractivity contribution < 1.29 is 9.59 Å². The molecular formula is C14H22N4O2. The van der Waals surface area contributed by atoms with Crippen LogP contribution in [0.15, 0.2) is 18.2 Å². The highest BCUT2D eigenvalue weighted by Gasteiger charge is 2.15. The fourth-order valence-electron chi connectivity index (χ4n) is 1.62. The number of carbonyl (C=O) groups is 2. The van der Waals surface area contributed by atoms with E-state index in [1.807, 2.05) is 32.8 Å². The van der Waals surface area contributed by atoms with Gasteiger partial charge in [0.1, 0.15) is 0 Å². The summed E-state index contributed by atoms with van der Waals surface area (Å²) in [7, 11) is 5.44. The molecule has 1 aromatic carbocycles. The second kappa shape index (κ2) is 6.27. The van der Waals surface area contributed by atoms with E-state index in [2.05, 4.69) is 5.32 Å². The van der Waals surface area contributed by atoms with Gasteiger partial charge in [0.15, 0.2) is 0 Å². The summed E-state index contributed by atoms with van der Waals surface area (Å²) >= 11 is 0. The first-order valence-corrected chi connectivity index (χ1v) is 6.39.